The second-order valence-corrected chi connectivity index (χ2v) is 5.17. The van der Waals surface area contributed by atoms with E-state index in [9.17, 15) is 4.79 Å². The maximum Gasteiger partial charge on any atom is 0.358 e. The van der Waals surface area contributed by atoms with E-state index in [1.165, 1.54) is 18.8 Å². The number of carbonyl (C=O) groups is 1. The van der Waals surface area contributed by atoms with Crippen molar-refractivity contribution in [2.24, 2.45) is 11.8 Å². The van der Waals surface area contributed by atoms with Crippen LogP contribution >= 0.6 is 0 Å². The third-order valence-corrected chi connectivity index (χ3v) is 3.84. The molecule has 1 aromatic rings. The summed E-state index contributed by atoms with van der Waals surface area (Å²) < 4.78 is 0. The Balaban J connectivity index is 2.08. The van der Waals surface area contributed by atoms with Crippen LogP contribution in [0.3, 0.4) is 0 Å². The Labute approximate surface area is 107 Å². The Morgan fingerprint density at radius 1 is 1.28 bits per heavy atom. The van der Waals surface area contributed by atoms with Gasteiger partial charge in [-0.1, -0.05) is 13.8 Å². The zero-order chi connectivity index (χ0) is 13.1. The maximum atomic E-state index is 11.0. The third kappa shape index (κ3) is 2.78. The monoisotopic (exact) mass is 249 g/mol. The van der Waals surface area contributed by atoms with Crippen molar-refractivity contribution in [2.45, 2.75) is 39.2 Å². The minimum Gasteiger partial charge on any atom is -0.476 e. The molecule has 2 N–H and O–H groups in total. The summed E-state index contributed by atoms with van der Waals surface area (Å²) >= 11 is 0. The van der Waals surface area contributed by atoms with Crippen molar-refractivity contribution in [3.8, 4) is 0 Å². The van der Waals surface area contributed by atoms with Crippen LogP contribution in [0.15, 0.2) is 12.4 Å². The number of hydrogen-bond donors (Lipinski definition) is 2. The molecule has 2 rings (SSSR count). The van der Waals surface area contributed by atoms with E-state index in [1.54, 1.807) is 0 Å². The van der Waals surface area contributed by atoms with Crippen molar-refractivity contribution < 1.29 is 9.90 Å². The van der Waals surface area contributed by atoms with Gasteiger partial charge in [-0.25, -0.2) is 14.8 Å². The third-order valence-electron chi connectivity index (χ3n) is 3.84. The first-order valence-electron chi connectivity index (χ1n) is 6.38. The summed E-state index contributed by atoms with van der Waals surface area (Å²) in [5.41, 5.74) is 0.00350. The predicted octanol–water partition coefficient (Wildman–Crippen LogP) is 2.41. The van der Waals surface area contributed by atoms with Crippen molar-refractivity contribution in [1.82, 2.24) is 9.97 Å². The number of aromatic nitrogens is 2. The molecule has 1 aliphatic rings. The van der Waals surface area contributed by atoms with Crippen molar-refractivity contribution in [2.75, 3.05) is 5.32 Å². The average Bonchev–Trinajstić information content (AvgIpc) is 2.34. The molecule has 18 heavy (non-hydrogen) atoms. The number of nitrogens with one attached hydrogen (secondary N) is 1. The molecular weight excluding hydrogens is 230 g/mol. The van der Waals surface area contributed by atoms with Crippen LogP contribution < -0.4 is 5.32 Å². The van der Waals surface area contributed by atoms with Crippen LogP contribution in [0.4, 0.5) is 5.82 Å². The normalized spacial score (nSPS) is 27.8. The van der Waals surface area contributed by atoms with E-state index in [-0.39, 0.29) is 5.69 Å². The van der Waals surface area contributed by atoms with Crippen LogP contribution in [-0.4, -0.2) is 27.1 Å². The van der Waals surface area contributed by atoms with Gasteiger partial charge in [0.05, 0.1) is 0 Å². The zero-order valence-corrected chi connectivity index (χ0v) is 10.8. The molecule has 1 saturated carbocycles. The molecule has 5 heteroatoms. The topological polar surface area (TPSA) is 75.1 Å². The highest BCUT2D eigenvalue weighted by molar-refractivity contribution is 5.90. The fourth-order valence-electron chi connectivity index (χ4n) is 2.47. The number of nitrogens with zero attached hydrogens (tertiary/aromatic N) is 2. The minimum atomic E-state index is -1.04. The summed E-state index contributed by atoms with van der Waals surface area (Å²) in [5, 5.41) is 12.3. The van der Waals surface area contributed by atoms with Gasteiger partial charge in [0, 0.05) is 18.4 Å². The van der Waals surface area contributed by atoms with Gasteiger partial charge in [-0.2, -0.15) is 0 Å². The summed E-state index contributed by atoms with van der Waals surface area (Å²) in [7, 11) is 0. The number of aromatic carboxylic acids is 1. The molecule has 1 fully saturated rings. The number of carboxylic acid groups (broad SMARTS) is 1. The van der Waals surface area contributed by atoms with Gasteiger partial charge in [0.1, 0.15) is 0 Å². The first kappa shape index (κ1) is 12.8. The molecule has 0 aromatic carbocycles. The molecule has 0 bridgehead atoms. The maximum absolute atomic E-state index is 11.0. The van der Waals surface area contributed by atoms with E-state index >= 15 is 0 Å². The lowest BCUT2D eigenvalue weighted by molar-refractivity contribution is 0.0691. The highest BCUT2D eigenvalue weighted by atomic mass is 16.4. The van der Waals surface area contributed by atoms with Crippen molar-refractivity contribution in [1.29, 1.82) is 0 Å². The van der Waals surface area contributed by atoms with Crippen molar-refractivity contribution in [3.63, 3.8) is 0 Å². The minimum absolute atomic E-state index is 0.00350. The molecule has 0 spiro atoms. The Hall–Kier alpha value is -1.65. The molecule has 1 aliphatic carbocycles. The molecular formula is C13H19N3O2. The van der Waals surface area contributed by atoms with Gasteiger partial charge in [-0.05, 0) is 31.1 Å². The van der Waals surface area contributed by atoms with E-state index in [0.717, 1.165) is 18.8 Å². The van der Waals surface area contributed by atoms with Gasteiger partial charge in [0.2, 0.25) is 0 Å². The molecule has 0 amide bonds. The van der Waals surface area contributed by atoms with E-state index in [1.807, 2.05) is 0 Å². The van der Waals surface area contributed by atoms with Crippen LogP contribution in [-0.2, 0) is 0 Å². The van der Waals surface area contributed by atoms with E-state index in [2.05, 4.69) is 29.1 Å². The molecule has 1 aromatic heterocycles. The fraction of sp³-hybridized carbons (Fsp3) is 0.615. The summed E-state index contributed by atoms with van der Waals surface area (Å²) in [6.45, 7) is 4.51. The second kappa shape index (κ2) is 5.33. The van der Waals surface area contributed by atoms with Gasteiger partial charge in [0.15, 0.2) is 11.5 Å². The highest BCUT2D eigenvalue weighted by Crippen LogP contribution is 2.31. The van der Waals surface area contributed by atoms with Gasteiger partial charge < -0.3 is 10.4 Å². The fourth-order valence-corrected chi connectivity index (χ4v) is 2.47. The average molecular weight is 249 g/mol. The van der Waals surface area contributed by atoms with Crippen LogP contribution in [0.2, 0.25) is 0 Å². The molecule has 3 atom stereocenters. The SMILES string of the molecule is CC1CCC(Nc2nccnc2C(=O)O)CC1C. The first-order valence-corrected chi connectivity index (χ1v) is 6.38. The lowest BCUT2D eigenvalue weighted by Crippen LogP contribution is -2.31. The summed E-state index contributed by atoms with van der Waals surface area (Å²) in [4.78, 5) is 19.0. The molecule has 0 saturated heterocycles. The number of carboxylic acids is 1. The van der Waals surface area contributed by atoms with E-state index in [0.29, 0.717) is 17.8 Å². The Morgan fingerprint density at radius 2 is 2.00 bits per heavy atom. The second-order valence-electron chi connectivity index (χ2n) is 5.17. The van der Waals surface area contributed by atoms with Gasteiger partial charge in [-0.3, -0.25) is 0 Å². The molecule has 0 aliphatic heterocycles. The number of rotatable bonds is 3. The molecule has 0 radical (unpaired) electrons. The Kier molecular flexibility index (Phi) is 3.79. The van der Waals surface area contributed by atoms with Gasteiger partial charge in [-0.15, -0.1) is 0 Å². The Bertz CT molecular complexity index is 436. The summed E-state index contributed by atoms with van der Waals surface area (Å²) in [5.74, 6) is 0.740. The van der Waals surface area contributed by atoms with Crippen LogP contribution in [0.25, 0.3) is 0 Å². The van der Waals surface area contributed by atoms with Crippen molar-refractivity contribution in [3.05, 3.63) is 18.1 Å². The molecule has 98 valence electrons. The Morgan fingerprint density at radius 3 is 2.67 bits per heavy atom. The van der Waals surface area contributed by atoms with Gasteiger partial charge in [0.25, 0.3) is 0 Å². The number of hydrogen-bond acceptors (Lipinski definition) is 4. The smallest absolute Gasteiger partial charge is 0.358 e. The molecule has 5 nitrogen and oxygen atoms in total. The van der Waals surface area contributed by atoms with Crippen LogP contribution in [0.5, 0.6) is 0 Å². The van der Waals surface area contributed by atoms with E-state index < -0.39 is 5.97 Å². The molecule has 3 unspecified atom stereocenters. The van der Waals surface area contributed by atoms with Gasteiger partial charge >= 0.3 is 5.97 Å². The largest absolute Gasteiger partial charge is 0.476 e. The summed E-state index contributed by atoms with van der Waals surface area (Å²) in [6.07, 6.45) is 6.20. The molecule has 1 heterocycles. The van der Waals surface area contributed by atoms with Crippen LogP contribution in [0.1, 0.15) is 43.6 Å². The standard InChI is InChI=1S/C13H19N3O2/c1-8-3-4-10(7-9(8)2)16-12-11(13(17)18)14-5-6-15-12/h5-6,8-10H,3-4,7H2,1-2H3,(H,15,16)(H,17,18). The first-order chi connectivity index (χ1) is 8.58. The van der Waals surface area contributed by atoms with Crippen molar-refractivity contribution >= 4 is 11.8 Å². The zero-order valence-electron chi connectivity index (χ0n) is 10.8. The lowest BCUT2D eigenvalue weighted by Gasteiger charge is -2.32. The summed E-state index contributed by atoms with van der Waals surface area (Å²) in [6, 6.07) is 0.297. The van der Waals surface area contributed by atoms with Crippen LogP contribution in [0, 0.1) is 11.8 Å². The number of anilines is 1. The lowest BCUT2D eigenvalue weighted by atomic mass is 9.79. The highest BCUT2D eigenvalue weighted by Gasteiger charge is 2.25. The quantitative estimate of drug-likeness (QED) is 0.860. The predicted molar refractivity (Wildman–Crippen MR) is 68.6 cm³/mol. The van der Waals surface area contributed by atoms with E-state index in [4.69, 9.17) is 5.11 Å².